The third kappa shape index (κ3) is 4.94. The van der Waals surface area contributed by atoms with Gasteiger partial charge in [0.2, 0.25) is 10.0 Å². The molecule has 0 radical (unpaired) electrons. The van der Waals surface area contributed by atoms with Gasteiger partial charge in [0, 0.05) is 9.92 Å². The summed E-state index contributed by atoms with van der Waals surface area (Å²) in [6.45, 7) is 0. The number of nitrogens with one attached hydrogen (secondary N) is 1. The van der Waals surface area contributed by atoms with Crippen LogP contribution < -0.4 is 9.46 Å². The first kappa shape index (κ1) is 19.5. The van der Waals surface area contributed by atoms with Crippen LogP contribution in [0.1, 0.15) is 25.7 Å². The highest BCUT2D eigenvalue weighted by Gasteiger charge is 2.31. The molecule has 26 heavy (non-hydrogen) atoms. The molecular weight excluding hydrogens is 390 g/mol. The Kier molecular flexibility index (Phi) is 6.51. The molecule has 140 valence electrons. The minimum Gasteiger partial charge on any atom is -0.489 e. The molecule has 7 heteroatoms. The van der Waals surface area contributed by atoms with E-state index in [0.29, 0.717) is 5.02 Å². The third-order valence-corrected chi connectivity index (χ3v) is 6.98. The molecule has 1 fully saturated rings. The lowest BCUT2D eigenvalue weighted by Gasteiger charge is -2.32. The molecule has 2 aromatic carbocycles. The number of sulfonamides is 1. The third-order valence-electron chi connectivity index (χ3n) is 4.48. The first-order chi connectivity index (χ1) is 12.5. The standard InChI is InChI=1S/C19H22ClNO3S2/c1-25-16-10-8-15(9-11-16)24-19-5-3-2-4-18(19)21-26(22,23)17-12-6-14(20)7-13-17/h6-13,18-19,21H,2-5H2,1H3/t18-,19+/m0/s1. The zero-order chi connectivity index (χ0) is 18.6. The maximum Gasteiger partial charge on any atom is 0.240 e. The van der Waals surface area contributed by atoms with Gasteiger partial charge in [-0.1, -0.05) is 18.0 Å². The van der Waals surface area contributed by atoms with Gasteiger partial charge in [-0.15, -0.1) is 11.8 Å². The number of benzene rings is 2. The zero-order valence-electron chi connectivity index (χ0n) is 14.5. The van der Waals surface area contributed by atoms with Gasteiger partial charge in [0.05, 0.1) is 10.9 Å². The topological polar surface area (TPSA) is 55.4 Å². The van der Waals surface area contributed by atoms with Gasteiger partial charge in [-0.25, -0.2) is 13.1 Å². The second kappa shape index (κ2) is 8.65. The molecule has 0 saturated heterocycles. The van der Waals surface area contributed by atoms with E-state index in [1.165, 1.54) is 17.0 Å². The number of hydrogen-bond donors (Lipinski definition) is 1. The smallest absolute Gasteiger partial charge is 0.240 e. The Morgan fingerprint density at radius 2 is 1.69 bits per heavy atom. The molecule has 0 unspecified atom stereocenters. The van der Waals surface area contributed by atoms with E-state index in [1.807, 2.05) is 30.5 Å². The van der Waals surface area contributed by atoms with Crippen LogP contribution in [0.2, 0.25) is 5.02 Å². The summed E-state index contributed by atoms with van der Waals surface area (Å²) < 4.78 is 34.3. The van der Waals surface area contributed by atoms with Gasteiger partial charge in [0.15, 0.2) is 0 Å². The molecule has 1 N–H and O–H groups in total. The highest BCUT2D eigenvalue weighted by Crippen LogP contribution is 2.27. The van der Waals surface area contributed by atoms with E-state index >= 15 is 0 Å². The van der Waals surface area contributed by atoms with Crippen molar-refractivity contribution in [3.63, 3.8) is 0 Å². The van der Waals surface area contributed by atoms with E-state index in [0.717, 1.165) is 31.4 Å². The van der Waals surface area contributed by atoms with E-state index in [-0.39, 0.29) is 17.0 Å². The zero-order valence-corrected chi connectivity index (χ0v) is 16.9. The molecule has 4 nitrogen and oxygen atoms in total. The van der Waals surface area contributed by atoms with Crippen molar-refractivity contribution in [1.82, 2.24) is 4.72 Å². The summed E-state index contributed by atoms with van der Waals surface area (Å²) in [6, 6.07) is 13.8. The first-order valence-electron chi connectivity index (χ1n) is 8.56. The van der Waals surface area contributed by atoms with Crippen LogP contribution in [0.3, 0.4) is 0 Å². The lowest BCUT2D eigenvalue weighted by Crippen LogP contribution is -2.47. The number of rotatable bonds is 6. The van der Waals surface area contributed by atoms with Crippen molar-refractivity contribution in [3.8, 4) is 5.75 Å². The molecule has 0 heterocycles. The second-order valence-electron chi connectivity index (χ2n) is 6.30. The number of thioether (sulfide) groups is 1. The van der Waals surface area contributed by atoms with Gasteiger partial charge in [0.25, 0.3) is 0 Å². The molecule has 1 aliphatic carbocycles. The van der Waals surface area contributed by atoms with Crippen LogP contribution in [0.15, 0.2) is 58.3 Å². The molecule has 0 aliphatic heterocycles. The fourth-order valence-corrected chi connectivity index (χ4v) is 4.92. The normalized spacial score (nSPS) is 20.7. The van der Waals surface area contributed by atoms with Crippen LogP contribution in [0.5, 0.6) is 5.75 Å². The SMILES string of the molecule is CSc1ccc(O[C@@H]2CCCC[C@@H]2NS(=O)(=O)c2ccc(Cl)cc2)cc1. The Hall–Kier alpha value is -1.21. The lowest BCUT2D eigenvalue weighted by atomic mass is 9.93. The molecule has 2 aromatic rings. The van der Waals surface area contributed by atoms with Crippen LogP contribution in [-0.2, 0) is 10.0 Å². The first-order valence-corrected chi connectivity index (χ1v) is 11.6. The number of hydrogen-bond acceptors (Lipinski definition) is 4. The van der Waals surface area contributed by atoms with Crippen molar-refractivity contribution in [2.75, 3.05) is 6.26 Å². The quantitative estimate of drug-likeness (QED) is 0.698. The van der Waals surface area contributed by atoms with Crippen LogP contribution in [0.25, 0.3) is 0 Å². The Balaban J connectivity index is 1.72. The van der Waals surface area contributed by atoms with Gasteiger partial charge in [-0.2, -0.15) is 0 Å². The van der Waals surface area contributed by atoms with E-state index in [4.69, 9.17) is 16.3 Å². The molecule has 0 amide bonds. The Morgan fingerprint density at radius 3 is 2.35 bits per heavy atom. The molecule has 1 aliphatic rings. The maximum atomic E-state index is 12.7. The van der Waals surface area contributed by atoms with E-state index in [1.54, 1.807) is 23.9 Å². The van der Waals surface area contributed by atoms with E-state index < -0.39 is 10.0 Å². The molecule has 3 rings (SSSR count). The van der Waals surface area contributed by atoms with Crippen molar-refractivity contribution in [1.29, 1.82) is 0 Å². The summed E-state index contributed by atoms with van der Waals surface area (Å²) in [6.07, 6.45) is 5.47. The summed E-state index contributed by atoms with van der Waals surface area (Å²) in [5.41, 5.74) is 0. The summed E-state index contributed by atoms with van der Waals surface area (Å²) in [4.78, 5) is 1.39. The van der Waals surface area contributed by atoms with Crippen molar-refractivity contribution in [3.05, 3.63) is 53.6 Å². The highest BCUT2D eigenvalue weighted by molar-refractivity contribution is 7.98. The van der Waals surface area contributed by atoms with Gasteiger partial charge in [-0.3, -0.25) is 0 Å². The minimum absolute atomic E-state index is 0.175. The largest absolute Gasteiger partial charge is 0.489 e. The van der Waals surface area contributed by atoms with Gasteiger partial charge in [-0.05, 0) is 74.0 Å². The molecule has 2 atom stereocenters. The summed E-state index contributed by atoms with van der Waals surface area (Å²) in [7, 11) is -3.60. The van der Waals surface area contributed by atoms with Crippen LogP contribution in [-0.4, -0.2) is 26.8 Å². The van der Waals surface area contributed by atoms with Crippen molar-refractivity contribution in [2.24, 2.45) is 0 Å². The molecule has 0 bridgehead atoms. The predicted molar refractivity (Wildman–Crippen MR) is 107 cm³/mol. The maximum absolute atomic E-state index is 12.7. The average molecular weight is 412 g/mol. The highest BCUT2D eigenvalue weighted by atomic mass is 35.5. The number of halogens is 1. The van der Waals surface area contributed by atoms with Crippen LogP contribution in [0, 0.1) is 0 Å². The summed E-state index contributed by atoms with van der Waals surface area (Å²) in [5.74, 6) is 0.769. The summed E-state index contributed by atoms with van der Waals surface area (Å²) >= 11 is 7.53. The van der Waals surface area contributed by atoms with Gasteiger partial charge >= 0.3 is 0 Å². The number of ether oxygens (including phenoxy) is 1. The monoisotopic (exact) mass is 411 g/mol. The van der Waals surface area contributed by atoms with Crippen LogP contribution >= 0.6 is 23.4 Å². The Bertz CT molecular complexity index is 823. The fourth-order valence-electron chi connectivity index (χ4n) is 3.08. The second-order valence-corrected chi connectivity index (χ2v) is 9.33. The Morgan fingerprint density at radius 1 is 1.04 bits per heavy atom. The van der Waals surface area contributed by atoms with Gasteiger partial charge in [0.1, 0.15) is 11.9 Å². The van der Waals surface area contributed by atoms with Crippen molar-refractivity contribution in [2.45, 2.75) is 47.6 Å². The van der Waals surface area contributed by atoms with Crippen molar-refractivity contribution >= 4 is 33.4 Å². The summed E-state index contributed by atoms with van der Waals surface area (Å²) in [5, 5.41) is 0.511. The van der Waals surface area contributed by atoms with Crippen LogP contribution in [0.4, 0.5) is 0 Å². The average Bonchev–Trinajstić information content (AvgIpc) is 2.64. The van der Waals surface area contributed by atoms with Crippen molar-refractivity contribution < 1.29 is 13.2 Å². The van der Waals surface area contributed by atoms with Gasteiger partial charge < -0.3 is 4.74 Å². The molecule has 1 saturated carbocycles. The van der Waals surface area contributed by atoms with E-state index in [9.17, 15) is 8.42 Å². The van der Waals surface area contributed by atoms with E-state index in [2.05, 4.69) is 4.72 Å². The molecule has 0 aromatic heterocycles. The fraction of sp³-hybridized carbons (Fsp3) is 0.368. The molecular formula is C19H22ClNO3S2. The molecule has 0 spiro atoms. The Labute approximate surface area is 164 Å². The lowest BCUT2D eigenvalue weighted by molar-refractivity contribution is 0.125. The minimum atomic E-state index is -3.60. The predicted octanol–water partition coefficient (Wildman–Crippen LogP) is 4.73.